The van der Waals surface area contributed by atoms with E-state index in [2.05, 4.69) is 74.2 Å². The van der Waals surface area contributed by atoms with Gasteiger partial charge in [-0.15, -0.1) is 0 Å². The summed E-state index contributed by atoms with van der Waals surface area (Å²) in [5.74, 6) is 0.515. The van der Waals surface area contributed by atoms with Crippen molar-refractivity contribution in [1.29, 1.82) is 0 Å². The Morgan fingerprint density at radius 1 is 0.892 bits per heavy atom. The Labute approximate surface area is 225 Å². The fourth-order valence-electron chi connectivity index (χ4n) is 4.09. The van der Waals surface area contributed by atoms with Crippen LogP contribution in [0.3, 0.4) is 0 Å². The second-order valence-corrected chi connectivity index (χ2v) is 10.4. The zero-order chi connectivity index (χ0) is 26.0. The summed E-state index contributed by atoms with van der Waals surface area (Å²) >= 11 is 3.52. The maximum Gasteiger partial charge on any atom is 0.338 e. The number of pyridine rings is 1. The van der Waals surface area contributed by atoms with Gasteiger partial charge in [0.25, 0.3) is 0 Å². The van der Waals surface area contributed by atoms with E-state index in [1.165, 1.54) is 5.56 Å². The van der Waals surface area contributed by atoms with E-state index in [0.717, 1.165) is 44.9 Å². The van der Waals surface area contributed by atoms with Gasteiger partial charge in [-0.05, 0) is 73.9 Å². The van der Waals surface area contributed by atoms with E-state index in [1.807, 2.05) is 57.3 Å². The van der Waals surface area contributed by atoms with Crippen LogP contribution in [0.4, 0.5) is 11.5 Å². The Hall–Kier alpha value is -3.90. The molecule has 0 fully saturated rings. The van der Waals surface area contributed by atoms with E-state index in [-0.39, 0.29) is 5.97 Å². The molecule has 0 bridgehead atoms. The first-order chi connectivity index (χ1) is 17.8. The minimum absolute atomic E-state index is 0.338. The van der Waals surface area contributed by atoms with Gasteiger partial charge in [-0.1, -0.05) is 70.5 Å². The molecule has 5 rings (SSSR count). The van der Waals surface area contributed by atoms with Gasteiger partial charge in [0, 0.05) is 22.8 Å². The third kappa shape index (κ3) is 5.59. The lowest BCUT2D eigenvalue weighted by Crippen LogP contribution is -2.23. The SMILES string of the molecule is CC(C)(C)OC(=O)c1ccc(Nc2c(-c3ccc(CBr)cc3)nc3cc(-c4ccccc4)ccn23)cc1. The van der Waals surface area contributed by atoms with Crippen molar-refractivity contribution in [3.05, 3.63) is 108 Å². The van der Waals surface area contributed by atoms with Gasteiger partial charge < -0.3 is 10.1 Å². The molecule has 5 nitrogen and oxygen atoms in total. The largest absolute Gasteiger partial charge is 0.456 e. The third-order valence-electron chi connectivity index (χ3n) is 5.90. The average molecular weight is 554 g/mol. The highest BCUT2D eigenvalue weighted by Crippen LogP contribution is 2.33. The highest BCUT2D eigenvalue weighted by molar-refractivity contribution is 9.08. The van der Waals surface area contributed by atoms with Crippen molar-refractivity contribution >= 4 is 39.1 Å². The van der Waals surface area contributed by atoms with E-state index >= 15 is 0 Å². The van der Waals surface area contributed by atoms with E-state index in [0.29, 0.717) is 5.56 Å². The number of alkyl halides is 1. The smallest absolute Gasteiger partial charge is 0.338 e. The van der Waals surface area contributed by atoms with Crippen molar-refractivity contribution in [3.8, 4) is 22.4 Å². The van der Waals surface area contributed by atoms with Gasteiger partial charge in [-0.2, -0.15) is 0 Å². The number of aromatic nitrogens is 2. The van der Waals surface area contributed by atoms with E-state index in [4.69, 9.17) is 9.72 Å². The molecule has 0 atom stereocenters. The van der Waals surface area contributed by atoms with Crippen molar-refractivity contribution in [2.24, 2.45) is 0 Å². The molecule has 0 aliphatic heterocycles. The normalized spacial score (nSPS) is 11.5. The Morgan fingerprint density at radius 2 is 1.59 bits per heavy atom. The highest BCUT2D eigenvalue weighted by Gasteiger charge is 2.19. The number of ether oxygens (including phenoxy) is 1. The third-order valence-corrected chi connectivity index (χ3v) is 6.54. The van der Waals surface area contributed by atoms with Gasteiger partial charge in [0.05, 0.1) is 5.56 Å². The summed E-state index contributed by atoms with van der Waals surface area (Å²) in [7, 11) is 0. The summed E-state index contributed by atoms with van der Waals surface area (Å²) in [6.45, 7) is 5.59. The summed E-state index contributed by atoms with van der Waals surface area (Å²) in [6, 6.07) is 30.2. The number of benzene rings is 3. The maximum absolute atomic E-state index is 12.4. The van der Waals surface area contributed by atoms with Gasteiger partial charge in [0.1, 0.15) is 22.8 Å². The summed E-state index contributed by atoms with van der Waals surface area (Å²) in [4.78, 5) is 17.5. The second-order valence-electron chi connectivity index (χ2n) is 9.85. The molecule has 0 radical (unpaired) electrons. The number of esters is 1. The lowest BCUT2D eigenvalue weighted by atomic mass is 10.1. The number of carbonyl (C=O) groups is 1. The van der Waals surface area contributed by atoms with Crippen molar-refractivity contribution in [2.75, 3.05) is 5.32 Å². The number of imidazole rings is 1. The number of anilines is 2. The van der Waals surface area contributed by atoms with Crippen molar-refractivity contribution in [1.82, 2.24) is 9.38 Å². The Bertz CT molecular complexity index is 1530. The van der Waals surface area contributed by atoms with Crippen LogP contribution >= 0.6 is 15.9 Å². The van der Waals surface area contributed by atoms with Crippen LogP contribution in [0, 0.1) is 0 Å². The molecule has 0 amide bonds. The predicted octanol–water partition coefficient (Wildman–Crippen LogP) is 8.26. The van der Waals surface area contributed by atoms with Crippen molar-refractivity contribution in [2.45, 2.75) is 31.7 Å². The predicted molar refractivity (Wildman–Crippen MR) is 154 cm³/mol. The number of fused-ring (bicyclic) bond motifs is 1. The molecule has 3 aromatic carbocycles. The van der Waals surface area contributed by atoms with Gasteiger partial charge in [-0.3, -0.25) is 4.40 Å². The molecular weight excluding hydrogens is 526 g/mol. The summed E-state index contributed by atoms with van der Waals surface area (Å²) in [5.41, 5.74) is 6.97. The number of hydrogen-bond donors (Lipinski definition) is 1. The lowest BCUT2D eigenvalue weighted by molar-refractivity contribution is 0.00695. The molecule has 0 unspecified atom stereocenters. The van der Waals surface area contributed by atoms with Crippen molar-refractivity contribution < 1.29 is 9.53 Å². The standard InChI is InChI=1S/C31H28BrN3O2/c1-31(2,3)37-30(36)24-13-15-26(16-14-24)33-29-28(23-11-9-21(20-32)10-12-23)34-27-19-25(17-18-35(27)29)22-7-5-4-6-8-22/h4-19,33H,20H2,1-3H3. The lowest BCUT2D eigenvalue weighted by Gasteiger charge is -2.19. The van der Waals surface area contributed by atoms with E-state index in [1.54, 1.807) is 12.1 Å². The first kappa shape index (κ1) is 24.8. The second kappa shape index (κ2) is 10.2. The molecule has 0 aliphatic carbocycles. The maximum atomic E-state index is 12.4. The van der Waals surface area contributed by atoms with Gasteiger partial charge in [-0.25, -0.2) is 9.78 Å². The van der Waals surface area contributed by atoms with Crippen LogP contribution < -0.4 is 5.32 Å². The minimum Gasteiger partial charge on any atom is -0.456 e. The molecule has 37 heavy (non-hydrogen) atoms. The van der Waals surface area contributed by atoms with Crippen LogP contribution in [-0.4, -0.2) is 21.0 Å². The molecular formula is C31H28BrN3O2. The molecule has 0 spiro atoms. The number of rotatable bonds is 6. The fourth-order valence-corrected chi connectivity index (χ4v) is 4.46. The Morgan fingerprint density at radius 3 is 2.24 bits per heavy atom. The van der Waals surface area contributed by atoms with Gasteiger partial charge in [0.15, 0.2) is 0 Å². The number of hydrogen-bond acceptors (Lipinski definition) is 4. The average Bonchev–Trinajstić information content (AvgIpc) is 3.26. The summed E-state index contributed by atoms with van der Waals surface area (Å²) in [5, 5.41) is 4.33. The Kier molecular flexibility index (Phi) is 6.85. The molecule has 6 heteroatoms. The van der Waals surface area contributed by atoms with Crippen LogP contribution in [0.2, 0.25) is 0 Å². The fraction of sp³-hybridized carbons (Fsp3) is 0.161. The first-order valence-electron chi connectivity index (χ1n) is 12.1. The number of halogens is 1. The topological polar surface area (TPSA) is 55.6 Å². The van der Waals surface area contributed by atoms with Crippen LogP contribution in [0.1, 0.15) is 36.7 Å². The minimum atomic E-state index is -0.539. The monoisotopic (exact) mass is 553 g/mol. The highest BCUT2D eigenvalue weighted by atomic mass is 79.9. The zero-order valence-corrected chi connectivity index (χ0v) is 22.6. The molecule has 0 saturated heterocycles. The summed E-state index contributed by atoms with van der Waals surface area (Å²) < 4.78 is 7.55. The number of nitrogens with one attached hydrogen (secondary N) is 1. The number of nitrogens with zero attached hydrogens (tertiary/aromatic N) is 2. The van der Waals surface area contributed by atoms with Crippen molar-refractivity contribution in [3.63, 3.8) is 0 Å². The molecule has 0 aliphatic rings. The summed E-state index contributed by atoms with van der Waals surface area (Å²) in [6.07, 6.45) is 2.04. The molecule has 2 aromatic heterocycles. The van der Waals surface area contributed by atoms with Gasteiger partial charge >= 0.3 is 5.97 Å². The quantitative estimate of drug-likeness (QED) is 0.170. The van der Waals surface area contributed by atoms with Crippen LogP contribution in [0.15, 0.2) is 97.2 Å². The molecule has 1 N–H and O–H groups in total. The van der Waals surface area contributed by atoms with Crippen LogP contribution in [0.25, 0.3) is 28.0 Å². The van der Waals surface area contributed by atoms with Crippen LogP contribution in [-0.2, 0) is 10.1 Å². The molecule has 5 aromatic rings. The zero-order valence-electron chi connectivity index (χ0n) is 21.0. The first-order valence-corrected chi connectivity index (χ1v) is 13.3. The molecule has 186 valence electrons. The Balaban J connectivity index is 1.54. The molecule has 2 heterocycles. The van der Waals surface area contributed by atoms with Gasteiger partial charge in [0.2, 0.25) is 0 Å². The van der Waals surface area contributed by atoms with E-state index < -0.39 is 5.60 Å². The number of carbonyl (C=O) groups excluding carboxylic acids is 1. The van der Waals surface area contributed by atoms with Crippen LogP contribution in [0.5, 0.6) is 0 Å². The van der Waals surface area contributed by atoms with E-state index in [9.17, 15) is 4.79 Å². The molecule has 0 saturated carbocycles.